The van der Waals surface area contributed by atoms with Crippen LogP contribution in [-0.2, 0) is 9.84 Å². The SMILES string of the molecule is CCN1CCN(c2cccc(S(=O)(=O)C(F)(F)F)c2C#N)CC1. The Morgan fingerprint density at radius 3 is 2.30 bits per heavy atom. The summed E-state index contributed by atoms with van der Waals surface area (Å²) in [6, 6.07) is 5.18. The summed E-state index contributed by atoms with van der Waals surface area (Å²) in [6.07, 6.45) is 0. The highest BCUT2D eigenvalue weighted by Crippen LogP contribution is 2.35. The van der Waals surface area contributed by atoms with E-state index in [4.69, 9.17) is 0 Å². The lowest BCUT2D eigenvalue weighted by molar-refractivity contribution is -0.0436. The van der Waals surface area contributed by atoms with Crippen molar-refractivity contribution in [3.8, 4) is 6.07 Å². The van der Waals surface area contributed by atoms with Crippen molar-refractivity contribution in [1.82, 2.24) is 4.90 Å². The van der Waals surface area contributed by atoms with Crippen molar-refractivity contribution in [2.45, 2.75) is 17.3 Å². The third kappa shape index (κ3) is 3.28. The molecule has 0 spiro atoms. The van der Waals surface area contributed by atoms with E-state index in [1.807, 2.05) is 6.92 Å². The lowest BCUT2D eigenvalue weighted by Gasteiger charge is -2.36. The zero-order chi connectivity index (χ0) is 17.3. The lowest BCUT2D eigenvalue weighted by atomic mass is 10.1. The number of likely N-dealkylation sites (N-methyl/N-ethyl adjacent to an activating group) is 1. The molecule has 1 heterocycles. The molecular weight excluding hydrogens is 331 g/mol. The second kappa shape index (κ2) is 6.37. The fourth-order valence-corrected chi connectivity index (χ4v) is 3.48. The van der Waals surface area contributed by atoms with Crippen LogP contribution in [0.4, 0.5) is 18.9 Å². The number of nitrogens with zero attached hydrogens (tertiary/aromatic N) is 3. The second-order valence-corrected chi connectivity index (χ2v) is 7.04. The first-order valence-electron chi connectivity index (χ1n) is 7.04. The summed E-state index contributed by atoms with van der Waals surface area (Å²) in [5.74, 6) is 0. The van der Waals surface area contributed by atoms with Gasteiger partial charge in [0.1, 0.15) is 6.07 Å². The van der Waals surface area contributed by atoms with Crippen LogP contribution in [0, 0.1) is 11.3 Å². The van der Waals surface area contributed by atoms with Crippen LogP contribution in [0.5, 0.6) is 0 Å². The van der Waals surface area contributed by atoms with Crippen molar-refractivity contribution >= 4 is 15.5 Å². The Kier molecular flexibility index (Phi) is 4.87. The number of nitriles is 1. The smallest absolute Gasteiger partial charge is 0.368 e. The summed E-state index contributed by atoms with van der Waals surface area (Å²) in [4.78, 5) is 2.93. The van der Waals surface area contributed by atoms with Crippen molar-refractivity contribution in [3.63, 3.8) is 0 Å². The van der Waals surface area contributed by atoms with Crippen LogP contribution in [0.15, 0.2) is 23.1 Å². The van der Waals surface area contributed by atoms with Crippen LogP contribution in [0.3, 0.4) is 0 Å². The maximum Gasteiger partial charge on any atom is 0.501 e. The van der Waals surface area contributed by atoms with Crippen molar-refractivity contribution in [2.24, 2.45) is 0 Å². The highest BCUT2D eigenvalue weighted by atomic mass is 32.2. The first kappa shape index (κ1) is 17.6. The number of alkyl halides is 3. The minimum atomic E-state index is -5.56. The number of rotatable bonds is 3. The van der Waals surface area contributed by atoms with E-state index in [1.165, 1.54) is 12.1 Å². The Bertz CT molecular complexity index is 718. The maximum atomic E-state index is 12.8. The van der Waals surface area contributed by atoms with E-state index in [0.717, 1.165) is 12.6 Å². The Morgan fingerprint density at radius 1 is 1.22 bits per heavy atom. The highest BCUT2D eigenvalue weighted by molar-refractivity contribution is 7.92. The van der Waals surface area contributed by atoms with Crippen molar-refractivity contribution in [2.75, 3.05) is 37.6 Å². The molecule has 1 aliphatic rings. The summed E-state index contributed by atoms with van der Waals surface area (Å²) in [6.45, 7) is 5.33. The summed E-state index contributed by atoms with van der Waals surface area (Å²) in [7, 11) is -5.56. The standard InChI is InChI=1S/C14H16F3N3O2S/c1-2-19-6-8-20(9-7-19)12-4-3-5-13(11(12)10-18)23(21,22)14(15,16)17/h3-5H,2,6-9H2,1H3. The molecule has 1 aliphatic heterocycles. The molecule has 0 unspecified atom stereocenters. The van der Waals surface area contributed by atoms with Gasteiger partial charge in [-0.25, -0.2) is 8.42 Å². The number of hydrogen-bond donors (Lipinski definition) is 0. The molecule has 0 atom stereocenters. The van der Waals surface area contributed by atoms with Gasteiger partial charge in [-0.2, -0.15) is 18.4 Å². The minimum absolute atomic E-state index is 0.230. The first-order chi connectivity index (χ1) is 10.7. The largest absolute Gasteiger partial charge is 0.501 e. The van der Waals surface area contributed by atoms with Gasteiger partial charge in [0.25, 0.3) is 9.84 Å². The van der Waals surface area contributed by atoms with Gasteiger partial charge in [0.2, 0.25) is 0 Å². The molecule has 1 saturated heterocycles. The minimum Gasteiger partial charge on any atom is -0.368 e. The van der Waals surface area contributed by atoms with Crippen LogP contribution >= 0.6 is 0 Å². The lowest BCUT2D eigenvalue weighted by Crippen LogP contribution is -2.46. The van der Waals surface area contributed by atoms with Gasteiger partial charge in [-0.05, 0) is 18.7 Å². The molecule has 2 rings (SSSR count). The molecule has 0 radical (unpaired) electrons. The molecule has 1 aromatic carbocycles. The molecule has 0 aliphatic carbocycles. The summed E-state index contributed by atoms with van der Waals surface area (Å²) in [5, 5.41) is 9.24. The molecule has 9 heteroatoms. The average molecular weight is 347 g/mol. The number of anilines is 1. The van der Waals surface area contributed by atoms with E-state index in [0.29, 0.717) is 26.2 Å². The van der Waals surface area contributed by atoms with Crippen molar-refractivity contribution in [1.29, 1.82) is 5.26 Å². The van der Waals surface area contributed by atoms with Gasteiger partial charge < -0.3 is 9.80 Å². The fourth-order valence-electron chi connectivity index (χ4n) is 2.55. The van der Waals surface area contributed by atoms with Gasteiger partial charge in [0, 0.05) is 26.2 Å². The Labute approximate surface area is 132 Å². The predicted octanol–water partition coefficient (Wildman–Crippen LogP) is 1.99. The summed E-state index contributed by atoms with van der Waals surface area (Å²) in [5.41, 5.74) is -5.65. The second-order valence-electron chi connectivity index (χ2n) is 5.13. The topological polar surface area (TPSA) is 64.4 Å². The zero-order valence-electron chi connectivity index (χ0n) is 12.5. The van der Waals surface area contributed by atoms with Gasteiger partial charge in [-0.1, -0.05) is 13.0 Å². The molecule has 0 amide bonds. The van der Waals surface area contributed by atoms with Gasteiger partial charge in [0.15, 0.2) is 0 Å². The van der Waals surface area contributed by atoms with Crippen molar-refractivity contribution < 1.29 is 21.6 Å². The number of piperazine rings is 1. The first-order valence-corrected chi connectivity index (χ1v) is 8.52. The monoisotopic (exact) mass is 347 g/mol. The summed E-state index contributed by atoms with van der Waals surface area (Å²) < 4.78 is 61.7. The van der Waals surface area contributed by atoms with E-state index in [2.05, 4.69) is 4.90 Å². The molecular formula is C14H16F3N3O2S. The summed E-state index contributed by atoms with van der Waals surface area (Å²) >= 11 is 0. The number of hydrogen-bond acceptors (Lipinski definition) is 5. The van der Waals surface area contributed by atoms with Crippen LogP contribution in [0.2, 0.25) is 0 Å². The highest BCUT2D eigenvalue weighted by Gasteiger charge is 2.48. The molecule has 1 fully saturated rings. The van der Waals surface area contributed by atoms with E-state index in [1.54, 1.807) is 11.0 Å². The third-order valence-electron chi connectivity index (χ3n) is 3.87. The molecule has 0 saturated carbocycles. The van der Waals surface area contributed by atoms with E-state index in [-0.39, 0.29) is 5.69 Å². The number of benzene rings is 1. The Balaban J connectivity index is 2.45. The molecule has 0 bridgehead atoms. The van der Waals surface area contributed by atoms with Gasteiger partial charge in [-0.15, -0.1) is 0 Å². The Morgan fingerprint density at radius 2 is 1.83 bits per heavy atom. The molecule has 0 N–H and O–H groups in total. The molecule has 1 aromatic rings. The average Bonchev–Trinajstić information content (AvgIpc) is 2.53. The van der Waals surface area contributed by atoms with E-state index in [9.17, 15) is 26.9 Å². The van der Waals surface area contributed by atoms with Gasteiger partial charge in [0.05, 0.1) is 16.1 Å². The fraction of sp³-hybridized carbons (Fsp3) is 0.500. The van der Waals surface area contributed by atoms with E-state index >= 15 is 0 Å². The van der Waals surface area contributed by atoms with Gasteiger partial charge >= 0.3 is 5.51 Å². The van der Waals surface area contributed by atoms with E-state index < -0.39 is 25.8 Å². The quantitative estimate of drug-likeness (QED) is 0.837. The Hall–Kier alpha value is -1.79. The van der Waals surface area contributed by atoms with Crippen molar-refractivity contribution in [3.05, 3.63) is 23.8 Å². The van der Waals surface area contributed by atoms with Crippen LogP contribution in [0.25, 0.3) is 0 Å². The van der Waals surface area contributed by atoms with Crippen LogP contribution in [0.1, 0.15) is 12.5 Å². The number of sulfone groups is 1. The molecule has 5 nitrogen and oxygen atoms in total. The molecule has 126 valence electrons. The van der Waals surface area contributed by atoms with Gasteiger partial charge in [-0.3, -0.25) is 0 Å². The third-order valence-corrected chi connectivity index (χ3v) is 5.40. The zero-order valence-corrected chi connectivity index (χ0v) is 13.3. The normalized spacial score (nSPS) is 17.1. The number of halogens is 3. The maximum absolute atomic E-state index is 12.8. The van der Waals surface area contributed by atoms with Crippen LogP contribution < -0.4 is 4.90 Å². The van der Waals surface area contributed by atoms with Crippen LogP contribution in [-0.4, -0.2) is 51.5 Å². The molecule has 23 heavy (non-hydrogen) atoms. The molecule has 0 aromatic heterocycles. The predicted molar refractivity (Wildman–Crippen MR) is 78.7 cm³/mol.